The van der Waals surface area contributed by atoms with Crippen LogP contribution in [0.5, 0.6) is 0 Å². The van der Waals surface area contributed by atoms with E-state index < -0.39 is 16.7 Å². The molecule has 0 aromatic heterocycles. The molecule has 0 aliphatic rings. The summed E-state index contributed by atoms with van der Waals surface area (Å²) in [5.74, 6) is -1.06. The molecule has 104 valence electrons. The van der Waals surface area contributed by atoms with Crippen molar-refractivity contribution in [1.29, 1.82) is 0 Å². The molecule has 0 heterocycles. The van der Waals surface area contributed by atoms with Crippen molar-refractivity contribution in [3.05, 3.63) is 29.3 Å². The molecule has 0 fully saturated rings. The normalized spacial score (nSPS) is 13.7. The predicted octanol–water partition coefficient (Wildman–Crippen LogP) is 2.39. The smallest absolute Gasteiger partial charge is 0.244 e. The third-order valence-corrected chi connectivity index (χ3v) is 3.19. The second kappa shape index (κ2) is 6.98. The molecular formula is C12H13Cl3N2O2. The van der Waals surface area contributed by atoms with Crippen LogP contribution in [0.15, 0.2) is 24.3 Å². The number of amides is 2. The average Bonchev–Trinajstić information content (AvgIpc) is 2.35. The summed E-state index contributed by atoms with van der Waals surface area (Å²) in [6.07, 6.45) is 0. The fourth-order valence-electron chi connectivity index (χ4n) is 1.41. The van der Waals surface area contributed by atoms with Gasteiger partial charge < -0.3 is 10.6 Å². The number of halogens is 3. The summed E-state index contributed by atoms with van der Waals surface area (Å²) in [4.78, 5) is 24.4. The summed E-state index contributed by atoms with van der Waals surface area (Å²) in [6.45, 7) is 1.49. The number of rotatable bonds is 5. The second-order valence-corrected chi connectivity index (χ2v) is 5.53. The maximum absolute atomic E-state index is 12.0. The highest BCUT2D eigenvalue weighted by molar-refractivity contribution is 6.34. The van der Waals surface area contributed by atoms with Gasteiger partial charge in [0.2, 0.25) is 11.8 Å². The average molecular weight is 324 g/mol. The highest BCUT2D eigenvalue weighted by atomic mass is 35.5. The zero-order valence-corrected chi connectivity index (χ0v) is 12.4. The van der Waals surface area contributed by atoms with Gasteiger partial charge in [-0.15, -0.1) is 23.2 Å². The number of primary amides is 1. The van der Waals surface area contributed by atoms with Crippen molar-refractivity contribution in [3.63, 3.8) is 0 Å². The highest BCUT2D eigenvalue weighted by Gasteiger charge is 2.25. The number of anilines is 1. The van der Waals surface area contributed by atoms with Gasteiger partial charge in [0.25, 0.3) is 0 Å². The Bertz CT molecular complexity index is 463. The number of benzene rings is 1. The molecule has 2 N–H and O–H groups in total. The summed E-state index contributed by atoms with van der Waals surface area (Å²) >= 11 is 17.4. The Hall–Kier alpha value is -0.970. The SMILES string of the molecule is CC(Cl)C(=O)N(CC(Cl)C(N)=O)c1ccc(Cl)cc1. The molecular weight excluding hydrogens is 311 g/mol. The molecule has 1 aromatic rings. The third kappa shape index (κ3) is 4.56. The van der Waals surface area contributed by atoms with Gasteiger partial charge in [-0.1, -0.05) is 11.6 Å². The second-order valence-electron chi connectivity index (χ2n) is 3.91. The number of carbonyl (C=O) groups excluding carboxylic acids is 2. The molecule has 2 atom stereocenters. The van der Waals surface area contributed by atoms with E-state index in [1.54, 1.807) is 31.2 Å². The molecule has 2 amide bonds. The monoisotopic (exact) mass is 322 g/mol. The lowest BCUT2D eigenvalue weighted by Gasteiger charge is -2.25. The Morgan fingerprint density at radius 3 is 2.21 bits per heavy atom. The largest absolute Gasteiger partial charge is 0.368 e. The van der Waals surface area contributed by atoms with Gasteiger partial charge in [-0.05, 0) is 31.2 Å². The Balaban J connectivity index is 3.01. The number of nitrogens with two attached hydrogens (primary N) is 1. The van der Waals surface area contributed by atoms with Crippen molar-refractivity contribution < 1.29 is 9.59 Å². The topological polar surface area (TPSA) is 63.4 Å². The number of hydrogen-bond acceptors (Lipinski definition) is 2. The maximum atomic E-state index is 12.0. The summed E-state index contributed by atoms with van der Waals surface area (Å²) in [5.41, 5.74) is 5.65. The van der Waals surface area contributed by atoms with E-state index >= 15 is 0 Å². The zero-order valence-electron chi connectivity index (χ0n) is 10.1. The number of hydrogen-bond donors (Lipinski definition) is 1. The van der Waals surface area contributed by atoms with Gasteiger partial charge in [-0.25, -0.2) is 0 Å². The number of carbonyl (C=O) groups is 2. The van der Waals surface area contributed by atoms with Gasteiger partial charge in [0, 0.05) is 10.7 Å². The van der Waals surface area contributed by atoms with E-state index in [4.69, 9.17) is 40.5 Å². The fraction of sp³-hybridized carbons (Fsp3) is 0.333. The van der Waals surface area contributed by atoms with Crippen LogP contribution in [0, 0.1) is 0 Å². The van der Waals surface area contributed by atoms with Crippen LogP contribution in [0.3, 0.4) is 0 Å². The first-order chi connectivity index (χ1) is 8.82. The molecule has 0 aliphatic heterocycles. The molecule has 0 spiro atoms. The molecule has 19 heavy (non-hydrogen) atoms. The number of nitrogens with zero attached hydrogens (tertiary/aromatic N) is 1. The van der Waals surface area contributed by atoms with Crippen molar-refractivity contribution in [3.8, 4) is 0 Å². The van der Waals surface area contributed by atoms with Gasteiger partial charge in [0.15, 0.2) is 0 Å². The van der Waals surface area contributed by atoms with E-state index in [0.29, 0.717) is 10.7 Å². The van der Waals surface area contributed by atoms with Gasteiger partial charge in [0.05, 0.1) is 6.54 Å². The van der Waals surface area contributed by atoms with Crippen LogP contribution in [0.25, 0.3) is 0 Å². The van der Waals surface area contributed by atoms with Gasteiger partial charge in [-0.3, -0.25) is 9.59 Å². The van der Waals surface area contributed by atoms with Crippen LogP contribution >= 0.6 is 34.8 Å². The van der Waals surface area contributed by atoms with Crippen molar-refractivity contribution in [1.82, 2.24) is 0 Å². The molecule has 0 radical (unpaired) electrons. The molecule has 0 saturated carbocycles. The molecule has 1 rings (SSSR count). The molecule has 0 saturated heterocycles. The minimum Gasteiger partial charge on any atom is -0.368 e. The highest BCUT2D eigenvalue weighted by Crippen LogP contribution is 2.21. The van der Waals surface area contributed by atoms with E-state index in [9.17, 15) is 9.59 Å². The third-order valence-electron chi connectivity index (χ3n) is 2.40. The first-order valence-electron chi connectivity index (χ1n) is 5.47. The fourth-order valence-corrected chi connectivity index (χ4v) is 1.79. The zero-order chi connectivity index (χ0) is 14.6. The Labute approximate surface area is 126 Å². The molecule has 1 aromatic carbocycles. The van der Waals surface area contributed by atoms with Crippen molar-refractivity contribution in [2.75, 3.05) is 11.4 Å². The van der Waals surface area contributed by atoms with Crippen molar-refractivity contribution >= 4 is 52.3 Å². The van der Waals surface area contributed by atoms with Crippen molar-refractivity contribution in [2.45, 2.75) is 17.7 Å². The van der Waals surface area contributed by atoms with E-state index in [1.807, 2.05) is 0 Å². The van der Waals surface area contributed by atoms with Crippen LogP contribution in [-0.4, -0.2) is 29.1 Å². The Morgan fingerprint density at radius 1 is 1.26 bits per heavy atom. The summed E-state index contributed by atoms with van der Waals surface area (Å²) < 4.78 is 0. The first-order valence-corrected chi connectivity index (χ1v) is 6.72. The quantitative estimate of drug-likeness (QED) is 0.846. The van der Waals surface area contributed by atoms with E-state index in [-0.39, 0.29) is 12.5 Å². The van der Waals surface area contributed by atoms with Gasteiger partial charge >= 0.3 is 0 Å². The molecule has 7 heteroatoms. The minimum atomic E-state index is -0.991. The van der Waals surface area contributed by atoms with Crippen LogP contribution < -0.4 is 10.6 Å². The Kier molecular flexibility index (Phi) is 5.91. The first kappa shape index (κ1) is 16.1. The van der Waals surface area contributed by atoms with E-state index in [1.165, 1.54) is 4.90 Å². The molecule has 2 unspecified atom stereocenters. The van der Waals surface area contributed by atoms with Gasteiger partial charge in [0.1, 0.15) is 10.8 Å². The van der Waals surface area contributed by atoms with Crippen LogP contribution in [0.2, 0.25) is 5.02 Å². The molecule has 0 aliphatic carbocycles. The number of alkyl halides is 2. The minimum absolute atomic E-state index is 0.0472. The summed E-state index contributed by atoms with van der Waals surface area (Å²) in [5, 5.41) is -1.20. The van der Waals surface area contributed by atoms with Gasteiger partial charge in [-0.2, -0.15) is 0 Å². The standard InChI is InChI=1S/C12H13Cl3N2O2/c1-7(13)12(19)17(6-10(15)11(16)18)9-4-2-8(14)3-5-9/h2-5,7,10H,6H2,1H3,(H2,16,18). The Morgan fingerprint density at radius 2 is 1.79 bits per heavy atom. The molecule has 0 bridgehead atoms. The summed E-state index contributed by atoms with van der Waals surface area (Å²) in [6, 6.07) is 6.54. The maximum Gasteiger partial charge on any atom is 0.244 e. The van der Waals surface area contributed by atoms with Crippen LogP contribution in [-0.2, 0) is 9.59 Å². The lowest BCUT2D eigenvalue weighted by Crippen LogP contribution is -2.43. The van der Waals surface area contributed by atoms with Crippen LogP contribution in [0.1, 0.15) is 6.92 Å². The predicted molar refractivity (Wildman–Crippen MR) is 78.0 cm³/mol. The lowest BCUT2D eigenvalue weighted by molar-refractivity contribution is -0.118. The summed E-state index contributed by atoms with van der Waals surface area (Å²) in [7, 11) is 0. The van der Waals surface area contributed by atoms with Crippen LogP contribution in [0.4, 0.5) is 5.69 Å². The van der Waals surface area contributed by atoms with E-state index in [2.05, 4.69) is 0 Å². The van der Waals surface area contributed by atoms with Crippen molar-refractivity contribution in [2.24, 2.45) is 5.73 Å². The lowest BCUT2D eigenvalue weighted by atomic mass is 10.2. The molecule has 4 nitrogen and oxygen atoms in total. The van der Waals surface area contributed by atoms with E-state index in [0.717, 1.165) is 0 Å².